The molecular weight excluding hydrogens is 419 g/mol. The highest BCUT2D eigenvalue weighted by Gasteiger charge is 2.47. The first-order chi connectivity index (χ1) is 15.9. The zero-order chi connectivity index (χ0) is 23.3. The van der Waals surface area contributed by atoms with E-state index in [9.17, 15) is 19.1 Å². The molecule has 5 nitrogen and oxygen atoms in total. The third-order valence-corrected chi connectivity index (χ3v) is 6.09. The van der Waals surface area contributed by atoms with Gasteiger partial charge in [0, 0.05) is 33.9 Å². The first-order valence-corrected chi connectivity index (χ1v) is 10.6. The van der Waals surface area contributed by atoms with Crippen LogP contribution in [0, 0.1) is 19.7 Å². The van der Waals surface area contributed by atoms with Crippen molar-refractivity contribution in [1.29, 1.82) is 0 Å². The van der Waals surface area contributed by atoms with Gasteiger partial charge in [0.25, 0.3) is 11.7 Å². The molecule has 164 valence electrons. The summed E-state index contributed by atoms with van der Waals surface area (Å²) in [6.07, 6.45) is 1.73. The van der Waals surface area contributed by atoms with Crippen molar-refractivity contribution in [3.8, 4) is 0 Å². The number of nitrogens with one attached hydrogen (secondary N) is 1. The van der Waals surface area contributed by atoms with Crippen LogP contribution in [0.25, 0.3) is 16.7 Å². The van der Waals surface area contributed by atoms with Crippen molar-refractivity contribution >= 4 is 34.0 Å². The fourth-order valence-corrected chi connectivity index (χ4v) is 4.48. The molecule has 4 aromatic rings. The summed E-state index contributed by atoms with van der Waals surface area (Å²) in [6, 6.07) is 17.7. The van der Waals surface area contributed by atoms with Crippen molar-refractivity contribution in [2.75, 3.05) is 4.90 Å². The molecule has 1 fully saturated rings. The fourth-order valence-electron chi connectivity index (χ4n) is 4.48. The van der Waals surface area contributed by atoms with Crippen LogP contribution in [0.4, 0.5) is 10.1 Å². The molecule has 0 bridgehead atoms. The molecule has 1 unspecified atom stereocenters. The summed E-state index contributed by atoms with van der Waals surface area (Å²) in [5, 5.41) is 12.2. The van der Waals surface area contributed by atoms with E-state index < -0.39 is 23.5 Å². The van der Waals surface area contributed by atoms with E-state index in [-0.39, 0.29) is 17.0 Å². The first kappa shape index (κ1) is 20.7. The van der Waals surface area contributed by atoms with Gasteiger partial charge < -0.3 is 10.1 Å². The number of Topliss-reactive ketones (excluding diaryl/α,β-unsaturated/α-hetero) is 1. The lowest BCUT2D eigenvalue weighted by atomic mass is 9.93. The minimum atomic E-state index is -0.928. The van der Waals surface area contributed by atoms with Gasteiger partial charge in [-0.25, -0.2) is 4.39 Å². The van der Waals surface area contributed by atoms with Crippen LogP contribution >= 0.6 is 0 Å². The number of para-hydroxylation sites is 1. The van der Waals surface area contributed by atoms with E-state index in [2.05, 4.69) is 4.98 Å². The number of hydrogen-bond donors (Lipinski definition) is 2. The van der Waals surface area contributed by atoms with E-state index in [1.54, 1.807) is 18.3 Å². The van der Waals surface area contributed by atoms with Gasteiger partial charge in [0.15, 0.2) is 0 Å². The summed E-state index contributed by atoms with van der Waals surface area (Å²) < 4.78 is 14.1. The summed E-state index contributed by atoms with van der Waals surface area (Å²) in [4.78, 5) is 31.0. The first-order valence-electron chi connectivity index (χ1n) is 10.6. The Morgan fingerprint density at radius 3 is 2.58 bits per heavy atom. The quantitative estimate of drug-likeness (QED) is 0.249. The van der Waals surface area contributed by atoms with Gasteiger partial charge >= 0.3 is 0 Å². The molecule has 1 saturated heterocycles. The SMILES string of the molecule is Cc1ccc(C)c(/C(O)=C2\C(=O)C(=O)N(c3cccc(F)c3)C2c2c[nH]c3ccccc23)c1. The molecule has 0 aliphatic carbocycles. The van der Waals surface area contributed by atoms with Crippen molar-refractivity contribution in [2.24, 2.45) is 0 Å². The van der Waals surface area contributed by atoms with E-state index in [1.807, 2.05) is 50.2 Å². The lowest BCUT2D eigenvalue weighted by Gasteiger charge is -2.25. The second-order valence-electron chi connectivity index (χ2n) is 8.26. The third kappa shape index (κ3) is 3.31. The Kier molecular flexibility index (Phi) is 4.86. The number of rotatable bonds is 3. The Hall–Kier alpha value is -4.19. The van der Waals surface area contributed by atoms with E-state index in [0.717, 1.165) is 22.0 Å². The summed E-state index contributed by atoms with van der Waals surface area (Å²) >= 11 is 0. The third-order valence-electron chi connectivity index (χ3n) is 6.09. The lowest BCUT2D eigenvalue weighted by molar-refractivity contribution is -0.132. The molecule has 33 heavy (non-hydrogen) atoms. The summed E-state index contributed by atoms with van der Waals surface area (Å²) in [6.45, 7) is 3.72. The van der Waals surface area contributed by atoms with E-state index in [4.69, 9.17) is 0 Å². The molecule has 1 aromatic heterocycles. The van der Waals surface area contributed by atoms with Crippen LogP contribution in [-0.4, -0.2) is 21.8 Å². The number of carbonyl (C=O) groups excluding carboxylic acids is 2. The van der Waals surface area contributed by atoms with Gasteiger partial charge in [0.1, 0.15) is 11.6 Å². The molecule has 0 saturated carbocycles. The lowest BCUT2D eigenvalue weighted by Crippen LogP contribution is -2.29. The van der Waals surface area contributed by atoms with E-state index in [1.165, 1.54) is 23.1 Å². The molecule has 6 heteroatoms. The van der Waals surface area contributed by atoms with Crippen LogP contribution in [-0.2, 0) is 9.59 Å². The maximum atomic E-state index is 14.1. The summed E-state index contributed by atoms with van der Waals surface area (Å²) in [5.74, 6) is -2.40. The standard InChI is InChI=1S/C27H21FN2O3/c1-15-10-11-16(2)20(12-15)25(31)23-24(21-14-29-22-9-4-3-8-19(21)22)30(27(33)26(23)32)18-7-5-6-17(28)13-18/h3-14,24,29,31H,1-2H3/b25-23+. The number of ketones is 1. The Bertz CT molecular complexity index is 1470. The number of aliphatic hydroxyl groups excluding tert-OH is 1. The minimum absolute atomic E-state index is 0.0253. The fraction of sp³-hybridized carbons (Fsp3) is 0.111. The number of nitrogens with zero attached hydrogens (tertiary/aromatic N) is 1. The van der Waals surface area contributed by atoms with Crippen LogP contribution in [0.15, 0.2) is 78.5 Å². The van der Waals surface area contributed by atoms with Crippen LogP contribution in [0.2, 0.25) is 0 Å². The number of aryl methyl sites for hydroxylation is 2. The largest absolute Gasteiger partial charge is 0.507 e. The van der Waals surface area contributed by atoms with Crippen molar-refractivity contribution in [2.45, 2.75) is 19.9 Å². The maximum absolute atomic E-state index is 14.1. The van der Waals surface area contributed by atoms with Crippen molar-refractivity contribution < 1.29 is 19.1 Å². The second kappa shape index (κ2) is 7.74. The van der Waals surface area contributed by atoms with Crippen LogP contribution in [0.1, 0.15) is 28.3 Å². The van der Waals surface area contributed by atoms with E-state index >= 15 is 0 Å². The molecule has 1 aliphatic rings. The number of carbonyl (C=O) groups is 2. The van der Waals surface area contributed by atoms with Gasteiger partial charge in [-0.05, 0) is 49.7 Å². The zero-order valence-electron chi connectivity index (χ0n) is 18.1. The molecule has 5 rings (SSSR count). The number of aromatic nitrogens is 1. The number of anilines is 1. The van der Waals surface area contributed by atoms with Gasteiger partial charge in [0.05, 0.1) is 11.6 Å². The Morgan fingerprint density at radius 2 is 1.79 bits per heavy atom. The molecule has 2 N–H and O–H groups in total. The van der Waals surface area contributed by atoms with Gasteiger partial charge in [-0.1, -0.05) is 42.0 Å². The number of H-pyrrole nitrogens is 1. The molecule has 1 atom stereocenters. The van der Waals surface area contributed by atoms with E-state index in [0.29, 0.717) is 11.1 Å². The number of hydrogen-bond acceptors (Lipinski definition) is 3. The molecule has 1 aliphatic heterocycles. The maximum Gasteiger partial charge on any atom is 0.300 e. The molecule has 2 heterocycles. The molecular formula is C27H21FN2O3. The summed E-state index contributed by atoms with van der Waals surface area (Å²) in [7, 11) is 0. The van der Waals surface area contributed by atoms with Crippen LogP contribution in [0.3, 0.4) is 0 Å². The van der Waals surface area contributed by atoms with Crippen molar-refractivity contribution in [3.05, 3.63) is 107 Å². The average molecular weight is 440 g/mol. The Morgan fingerprint density at radius 1 is 1.00 bits per heavy atom. The van der Waals surface area contributed by atoms with Crippen molar-refractivity contribution in [1.82, 2.24) is 4.98 Å². The average Bonchev–Trinajstić information content (AvgIpc) is 3.34. The predicted molar refractivity (Wildman–Crippen MR) is 125 cm³/mol. The molecule has 1 amide bonds. The normalized spacial score (nSPS) is 17.8. The highest BCUT2D eigenvalue weighted by Crippen LogP contribution is 2.44. The van der Waals surface area contributed by atoms with Gasteiger partial charge in [-0.2, -0.15) is 0 Å². The number of halogens is 1. The number of benzene rings is 3. The smallest absolute Gasteiger partial charge is 0.300 e. The zero-order valence-corrected chi connectivity index (χ0v) is 18.1. The van der Waals surface area contributed by atoms with Gasteiger partial charge in [-0.3, -0.25) is 14.5 Å². The topological polar surface area (TPSA) is 73.4 Å². The number of aliphatic hydroxyl groups is 1. The number of amides is 1. The monoisotopic (exact) mass is 440 g/mol. The number of fused-ring (bicyclic) bond motifs is 1. The van der Waals surface area contributed by atoms with Gasteiger partial charge in [0.2, 0.25) is 0 Å². The summed E-state index contributed by atoms with van der Waals surface area (Å²) in [5.41, 5.74) is 3.84. The van der Waals surface area contributed by atoms with Crippen LogP contribution < -0.4 is 4.90 Å². The second-order valence-corrected chi connectivity index (χ2v) is 8.26. The predicted octanol–water partition coefficient (Wildman–Crippen LogP) is 5.55. The van der Waals surface area contributed by atoms with Crippen molar-refractivity contribution in [3.63, 3.8) is 0 Å². The highest BCUT2D eigenvalue weighted by atomic mass is 19.1. The molecule has 0 radical (unpaired) electrons. The molecule has 0 spiro atoms. The number of aromatic amines is 1. The molecule has 3 aromatic carbocycles. The Balaban J connectivity index is 1.82. The Labute approximate surface area is 189 Å². The highest BCUT2D eigenvalue weighted by molar-refractivity contribution is 6.51. The van der Waals surface area contributed by atoms with Crippen LogP contribution in [0.5, 0.6) is 0 Å². The minimum Gasteiger partial charge on any atom is -0.507 e. The van der Waals surface area contributed by atoms with Gasteiger partial charge in [-0.15, -0.1) is 0 Å².